The Bertz CT molecular complexity index is 1310. The summed E-state index contributed by atoms with van der Waals surface area (Å²) in [5, 5.41) is 0. The molecule has 0 saturated heterocycles. The molecule has 6 nitrogen and oxygen atoms in total. The van der Waals surface area contributed by atoms with Crippen LogP contribution < -0.4 is 0 Å². The lowest BCUT2D eigenvalue weighted by molar-refractivity contribution is -0.167. The second-order valence-corrected chi connectivity index (χ2v) is 21.3. The molecular weight excluding hydrogens is 901 g/mol. The van der Waals surface area contributed by atoms with Gasteiger partial charge in [0.15, 0.2) is 6.10 Å². The van der Waals surface area contributed by atoms with Crippen molar-refractivity contribution < 1.29 is 28.6 Å². The number of carbonyl (C=O) groups is 3. The van der Waals surface area contributed by atoms with Crippen molar-refractivity contribution in [1.82, 2.24) is 0 Å². The molecule has 1 atom stereocenters. The Hall–Kier alpha value is -2.89. The molecule has 0 fully saturated rings. The maximum absolute atomic E-state index is 12.9. The third-order valence-corrected chi connectivity index (χ3v) is 14.0. The first-order valence-corrected chi connectivity index (χ1v) is 31.8. The quantitative estimate of drug-likeness (QED) is 0.0261. The summed E-state index contributed by atoms with van der Waals surface area (Å²) in [7, 11) is 0. The van der Waals surface area contributed by atoms with Crippen LogP contribution in [0.5, 0.6) is 0 Å². The maximum Gasteiger partial charge on any atom is 0.306 e. The molecule has 0 radical (unpaired) electrons. The first kappa shape index (κ1) is 70.1. The highest BCUT2D eigenvalue weighted by atomic mass is 16.6. The van der Waals surface area contributed by atoms with Crippen LogP contribution in [0.4, 0.5) is 0 Å². The van der Waals surface area contributed by atoms with E-state index >= 15 is 0 Å². The molecule has 0 spiro atoms. The molecule has 6 heteroatoms. The fourth-order valence-corrected chi connectivity index (χ4v) is 9.19. The normalized spacial score (nSPS) is 12.4. The molecule has 0 saturated carbocycles. The van der Waals surface area contributed by atoms with Gasteiger partial charge in [0.1, 0.15) is 13.2 Å². The first-order chi connectivity index (χ1) is 36.0. The Kier molecular flexibility index (Phi) is 59.2. The van der Waals surface area contributed by atoms with E-state index in [0.717, 1.165) is 89.9 Å². The predicted molar refractivity (Wildman–Crippen MR) is 316 cm³/mol. The van der Waals surface area contributed by atoms with Crippen LogP contribution in [0.3, 0.4) is 0 Å². The van der Waals surface area contributed by atoms with E-state index in [1.807, 2.05) is 0 Å². The highest BCUT2D eigenvalue weighted by molar-refractivity contribution is 5.71. The van der Waals surface area contributed by atoms with Crippen LogP contribution >= 0.6 is 0 Å². The first-order valence-electron chi connectivity index (χ1n) is 31.8. The van der Waals surface area contributed by atoms with Crippen LogP contribution in [-0.2, 0) is 28.6 Å². The standard InChI is InChI=1S/C67H120O6/c1-4-7-10-13-16-19-22-24-26-28-30-32-33-35-36-38-40-42-45-48-51-54-57-60-66(69)72-63-64(62-71-65(68)59-56-53-50-47-44-21-18-15-12-9-6-3)73-67(70)61-58-55-52-49-46-43-41-39-37-34-31-29-27-25-23-20-17-14-11-8-5-2/h22-25,28-31,37,39,64H,4-21,26-27,32-36,38,40-63H2,1-3H3/b24-22-,25-23-,30-28-,31-29-,39-37-. The van der Waals surface area contributed by atoms with Crippen LogP contribution in [0.1, 0.15) is 329 Å². The summed E-state index contributed by atoms with van der Waals surface area (Å²) >= 11 is 0. The van der Waals surface area contributed by atoms with E-state index < -0.39 is 6.10 Å². The molecule has 0 aromatic carbocycles. The van der Waals surface area contributed by atoms with Gasteiger partial charge in [-0.1, -0.05) is 281 Å². The third kappa shape index (κ3) is 59.9. The van der Waals surface area contributed by atoms with Crippen molar-refractivity contribution in [2.24, 2.45) is 0 Å². The van der Waals surface area contributed by atoms with Crippen LogP contribution in [0, 0.1) is 0 Å². The van der Waals surface area contributed by atoms with E-state index in [2.05, 4.69) is 81.5 Å². The minimum absolute atomic E-state index is 0.0773. The number of unbranched alkanes of at least 4 members (excludes halogenated alkanes) is 37. The highest BCUT2D eigenvalue weighted by Crippen LogP contribution is 2.16. The minimum Gasteiger partial charge on any atom is -0.462 e. The van der Waals surface area contributed by atoms with Crippen molar-refractivity contribution in [2.75, 3.05) is 13.2 Å². The molecule has 1 unspecified atom stereocenters. The average Bonchev–Trinajstić information content (AvgIpc) is 3.39. The number of hydrogen-bond acceptors (Lipinski definition) is 6. The van der Waals surface area contributed by atoms with Gasteiger partial charge in [-0.15, -0.1) is 0 Å². The summed E-state index contributed by atoms with van der Waals surface area (Å²) in [4.78, 5) is 38.2. The van der Waals surface area contributed by atoms with Gasteiger partial charge in [0.05, 0.1) is 0 Å². The Balaban J connectivity index is 4.30. The monoisotopic (exact) mass is 1020 g/mol. The van der Waals surface area contributed by atoms with Gasteiger partial charge >= 0.3 is 17.9 Å². The number of esters is 3. The molecule has 73 heavy (non-hydrogen) atoms. The van der Waals surface area contributed by atoms with E-state index in [0.29, 0.717) is 19.3 Å². The summed E-state index contributed by atoms with van der Waals surface area (Å²) in [6, 6.07) is 0. The highest BCUT2D eigenvalue weighted by Gasteiger charge is 2.19. The van der Waals surface area contributed by atoms with Crippen molar-refractivity contribution in [3.05, 3.63) is 60.8 Å². The van der Waals surface area contributed by atoms with Crippen molar-refractivity contribution in [2.45, 2.75) is 335 Å². The average molecular weight is 1020 g/mol. The van der Waals surface area contributed by atoms with E-state index in [1.54, 1.807) is 0 Å². The van der Waals surface area contributed by atoms with Gasteiger partial charge in [0.2, 0.25) is 0 Å². The molecular formula is C67H120O6. The van der Waals surface area contributed by atoms with Crippen molar-refractivity contribution >= 4 is 17.9 Å². The number of rotatable bonds is 58. The van der Waals surface area contributed by atoms with Crippen LogP contribution in [0.25, 0.3) is 0 Å². The molecule has 0 aliphatic rings. The van der Waals surface area contributed by atoms with Crippen LogP contribution in [0.2, 0.25) is 0 Å². The number of hydrogen-bond donors (Lipinski definition) is 0. The zero-order chi connectivity index (χ0) is 52.9. The smallest absolute Gasteiger partial charge is 0.306 e. The molecule has 0 aliphatic heterocycles. The number of ether oxygens (including phenoxy) is 3. The Morgan fingerprint density at radius 3 is 0.767 bits per heavy atom. The largest absolute Gasteiger partial charge is 0.462 e. The lowest BCUT2D eigenvalue weighted by Crippen LogP contribution is -2.30. The zero-order valence-corrected chi connectivity index (χ0v) is 48.7. The molecule has 0 amide bonds. The van der Waals surface area contributed by atoms with Gasteiger partial charge in [-0.05, 0) is 89.9 Å². The van der Waals surface area contributed by atoms with Crippen LogP contribution in [0.15, 0.2) is 60.8 Å². The molecule has 0 N–H and O–H groups in total. The second-order valence-electron chi connectivity index (χ2n) is 21.3. The second kappa shape index (κ2) is 61.7. The topological polar surface area (TPSA) is 78.9 Å². The molecule has 0 rings (SSSR count). The van der Waals surface area contributed by atoms with Crippen molar-refractivity contribution in [3.8, 4) is 0 Å². The van der Waals surface area contributed by atoms with E-state index in [4.69, 9.17) is 14.2 Å². The van der Waals surface area contributed by atoms with Gasteiger partial charge in [-0.2, -0.15) is 0 Å². The molecule has 0 aliphatic carbocycles. The molecule has 424 valence electrons. The van der Waals surface area contributed by atoms with Gasteiger partial charge < -0.3 is 14.2 Å². The van der Waals surface area contributed by atoms with E-state index in [-0.39, 0.29) is 31.1 Å². The predicted octanol–water partition coefficient (Wildman–Crippen LogP) is 21.6. The van der Waals surface area contributed by atoms with Crippen molar-refractivity contribution in [3.63, 3.8) is 0 Å². The van der Waals surface area contributed by atoms with Gasteiger partial charge in [0.25, 0.3) is 0 Å². The van der Waals surface area contributed by atoms with E-state index in [9.17, 15) is 14.4 Å². The molecule has 0 aromatic heterocycles. The lowest BCUT2D eigenvalue weighted by Gasteiger charge is -2.18. The zero-order valence-electron chi connectivity index (χ0n) is 48.7. The maximum atomic E-state index is 12.9. The van der Waals surface area contributed by atoms with Gasteiger partial charge in [-0.25, -0.2) is 0 Å². The van der Waals surface area contributed by atoms with Gasteiger partial charge in [-0.3, -0.25) is 14.4 Å². The molecule has 0 heterocycles. The Labute approximate surface area is 453 Å². The van der Waals surface area contributed by atoms with Crippen LogP contribution in [-0.4, -0.2) is 37.2 Å². The Morgan fingerprint density at radius 2 is 0.493 bits per heavy atom. The third-order valence-electron chi connectivity index (χ3n) is 14.0. The summed E-state index contributed by atoms with van der Waals surface area (Å²) in [5.74, 6) is -0.877. The number of allylic oxidation sites excluding steroid dienone is 10. The SMILES string of the molecule is CCCCCCC/C=C\C/C=C\C/C=C\CCCCCCCCC(=O)OC(COC(=O)CCCCCCCCCCCCC)COC(=O)CCCCCCCCCCCCC/C=C\C/C=C\CCCCCCC. The van der Waals surface area contributed by atoms with Crippen molar-refractivity contribution in [1.29, 1.82) is 0 Å². The Morgan fingerprint density at radius 1 is 0.274 bits per heavy atom. The molecule has 0 bridgehead atoms. The fourth-order valence-electron chi connectivity index (χ4n) is 9.19. The van der Waals surface area contributed by atoms with E-state index in [1.165, 1.54) is 199 Å². The fraction of sp³-hybridized carbons (Fsp3) is 0.806. The lowest BCUT2D eigenvalue weighted by atomic mass is 10.0. The van der Waals surface area contributed by atoms with Gasteiger partial charge in [0, 0.05) is 19.3 Å². The molecule has 0 aromatic rings. The summed E-state index contributed by atoms with van der Waals surface area (Å²) in [6.07, 6.45) is 77.9. The summed E-state index contributed by atoms with van der Waals surface area (Å²) in [6.45, 7) is 6.64. The summed E-state index contributed by atoms with van der Waals surface area (Å²) < 4.78 is 16.9. The minimum atomic E-state index is -0.781. The number of carbonyl (C=O) groups excluding carboxylic acids is 3. The summed E-state index contributed by atoms with van der Waals surface area (Å²) in [5.41, 5.74) is 0.